The molecule has 7 heteroatoms. The molecule has 0 heterocycles. The van der Waals surface area contributed by atoms with E-state index in [9.17, 15) is 19.8 Å². The minimum Gasteiger partial charge on any atom is -0.508 e. The summed E-state index contributed by atoms with van der Waals surface area (Å²) < 4.78 is 5.53. The first-order chi connectivity index (χ1) is 18.9. The number of hydrogen-bond acceptors (Lipinski definition) is 5. The second kappa shape index (κ2) is 13.2. The third kappa shape index (κ3) is 6.72. The first-order valence-electron chi connectivity index (χ1n) is 13.8. The lowest BCUT2D eigenvalue weighted by Gasteiger charge is -2.25. The van der Waals surface area contributed by atoms with Crippen molar-refractivity contribution in [3.8, 4) is 16.9 Å². The molecule has 39 heavy (non-hydrogen) atoms. The number of alkyl carbamates (subject to hydrolysis) is 1. The van der Waals surface area contributed by atoms with Gasteiger partial charge in [0.2, 0.25) is 0 Å². The SMILES string of the molecule is CCCCN(CCCC)c1ccc(CC(NC(=O)OCC2c3ccccc3-c3ccccc32)C(=O)O)c(O)c1. The summed E-state index contributed by atoms with van der Waals surface area (Å²) in [7, 11) is 0. The third-order valence-electron chi connectivity index (χ3n) is 7.36. The van der Waals surface area contributed by atoms with Crippen molar-refractivity contribution in [2.75, 3.05) is 24.6 Å². The number of unbranched alkanes of at least 4 members (excludes halogenated alkanes) is 2. The topological polar surface area (TPSA) is 99.1 Å². The van der Waals surface area contributed by atoms with Crippen LogP contribution < -0.4 is 10.2 Å². The second-order valence-corrected chi connectivity index (χ2v) is 10.1. The van der Waals surface area contributed by atoms with Crippen molar-refractivity contribution in [3.63, 3.8) is 0 Å². The smallest absolute Gasteiger partial charge is 0.407 e. The van der Waals surface area contributed by atoms with Crippen LogP contribution >= 0.6 is 0 Å². The molecule has 7 nitrogen and oxygen atoms in total. The summed E-state index contributed by atoms with van der Waals surface area (Å²) in [5.74, 6) is -1.29. The molecule has 1 aliphatic carbocycles. The van der Waals surface area contributed by atoms with Gasteiger partial charge in [0.05, 0.1) is 0 Å². The maximum Gasteiger partial charge on any atom is 0.407 e. The van der Waals surface area contributed by atoms with Crippen LogP contribution in [0.3, 0.4) is 0 Å². The summed E-state index contributed by atoms with van der Waals surface area (Å²) in [5.41, 5.74) is 5.77. The Morgan fingerprint density at radius 3 is 2.05 bits per heavy atom. The van der Waals surface area contributed by atoms with Gasteiger partial charge in [-0.1, -0.05) is 81.3 Å². The van der Waals surface area contributed by atoms with Gasteiger partial charge >= 0.3 is 12.1 Å². The molecule has 3 N–H and O–H groups in total. The van der Waals surface area contributed by atoms with Crippen LogP contribution in [0.1, 0.15) is 62.1 Å². The van der Waals surface area contributed by atoms with E-state index in [0.29, 0.717) is 5.56 Å². The van der Waals surface area contributed by atoms with Crippen LogP contribution in [0, 0.1) is 0 Å². The number of nitrogens with zero attached hydrogens (tertiary/aromatic N) is 1. The summed E-state index contributed by atoms with van der Waals surface area (Å²) in [6.07, 6.45) is 3.40. The molecule has 3 aromatic carbocycles. The number of carbonyl (C=O) groups is 2. The maximum atomic E-state index is 12.7. The van der Waals surface area contributed by atoms with Gasteiger partial charge in [-0.2, -0.15) is 0 Å². The zero-order valence-corrected chi connectivity index (χ0v) is 22.7. The molecular weight excluding hydrogens is 492 g/mol. The molecule has 3 aromatic rings. The quantitative estimate of drug-likeness (QED) is 0.239. The molecule has 1 atom stereocenters. The van der Waals surface area contributed by atoms with E-state index in [0.717, 1.165) is 66.7 Å². The van der Waals surface area contributed by atoms with Gasteiger partial charge in [-0.15, -0.1) is 0 Å². The van der Waals surface area contributed by atoms with Crippen LogP contribution in [0.5, 0.6) is 5.75 Å². The van der Waals surface area contributed by atoms with Gasteiger partial charge in [-0.05, 0) is 46.7 Å². The lowest BCUT2D eigenvalue weighted by molar-refractivity contribution is -0.139. The predicted molar refractivity (Wildman–Crippen MR) is 153 cm³/mol. The number of amides is 1. The number of aromatic hydroxyl groups is 1. The number of phenols is 1. The Labute approximate surface area is 230 Å². The van der Waals surface area contributed by atoms with Crippen LogP contribution in [0.15, 0.2) is 66.7 Å². The van der Waals surface area contributed by atoms with Crippen LogP contribution in [0.2, 0.25) is 0 Å². The summed E-state index contributed by atoms with van der Waals surface area (Å²) in [4.78, 5) is 26.9. The molecule has 1 amide bonds. The minimum absolute atomic E-state index is 0.0195. The fourth-order valence-electron chi connectivity index (χ4n) is 5.19. The standard InChI is InChI=1S/C32H38N2O5/c1-3-5-17-34(18-6-4-2)23-16-15-22(30(35)20-23)19-29(31(36)37)33-32(38)39-21-28-26-13-9-7-11-24(26)25-12-8-10-14-27(25)28/h7-16,20,28-29,35H,3-6,17-19,21H2,1-2H3,(H,33,38)(H,36,37). The molecule has 0 bridgehead atoms. The monoisotopic (exact) mass is 530 g/mol. The van der Waals surface area contributed by atoms with E-state index in [1.54, 1.807) is 12.1 Å². The number of ether oxygens (including phenoxy) is 1. The van der Waals surface area contributed by atoms with Gasteiger partial charge < -0.3 is 25.2 Å². The molecule has 0 fully saturated rings. The minimum atomic E-state index is -1.24. The predicted octanol–water partition coefficient (Wildman–Crippen LogP) is 6.33. The summed E-state index contributed by atoms with van der Waals surface area (Å²) >= 11 is 0. The molecule has 0 aromatic heterocycles. The van der Waals surface area contributed by atoms with Gasteiger partial charge in [0, 0.05) is 37.2 Å². The first kappa shape index (κ1) is 28.0. The largest absolute Gasteiger partial charge is 0.508 e. The first-order valence-corrected chi connectivity index (χ1v) is 13.8. The van der Waals surface area contributed by atoms with E-state index in [4.69, 9.17) is 4.74 Å². The average Bonchev–Trinajstić information content (AvgIpc) is 3.26. The van der Waals surface area contributed by atoms with Crippen LogP contribution in [-0.2, 0) is 16.0 Å². The Morgan fingerprint density at radius 1 is 0.923 bits per heavy atom. The lowest BCUT2D eigenvalue weighted by Crippen LogP contribution is -2.43. The van der Waals surface area contributed by atoms with Crippen molar-refractivity contribution in [1.82, 2.24) is 5.32 Å². The number of carboxylic acid groups (broad SMARTS) is 1. The molecule has 0 spiro atoms. The highest BCUT2D eigenvalue weighted by atomic mass is 16.5. The average molecular weight is 531 g/mol. The Balaban J connectivity index is 1.40. The summed E-state index contributed by atoms with van der Waals surface area (Å²) in [6.45, 7) is 6.19. The van der Waals surface area contributed by atoms with Crippen molar-refractivity contribution in [3.05, 3.63) is 83.4 Å². The molecule has 1 aliphatic rings. The number of nitrogens with one attached hydrogen (secondary N) is 1. The van der Waals surface area contributed by atoms with Gasteiger partial charge in [-0.25, -0.2) is 9.59 Å². The Bertz CT molecular complexity index is 1240. The van der Waals surface area contributed by atoms with Gasteiger partial charge in [0.1, 0.15) is 18.4 Å². The third-order valence-corrected chi connectivity index (χ3v) is 7.36. The maximum absolute atomic E-state index is 12.7. The normalized spacial score (nSPS) is 12.9. The van der Waals surface area contributed by atoms with E-state index < -0.39 is 18.1 Å². The highest BCUT2D eigenvalue weighted by molar-refractivity contribution is 5.81. The van der Waals surface area contributed by atoms with Crippen LogP contribution in [-0.4, -0.2) is 48.0 Å². The second-order valence-electron chi connectivity index (χ2n) is 10.1. The number of carbonyl (C=O) groups excluding carboxylic acids is 1. The Hall–Kier alpha value is -4.00. The molecule has 0 aliphatic heterocycles. The number of carboxylic acids is 1. The van der Waals surface area contributed by atoms with Crippen molar-refractivity contribution in [2.24, 2.45) is 0 Å². The van der Waals surface area contributed by atoms with E-state index >= 15 is 0 Å². The van der Waals surface area contributed by atoms with E-state index in [2.05, 4.69) is 36.2 Å². The molecule has 0 radical (unpaired) electrons. The highest BCUT2D eigenvalue weighted by Gasteiger charge is 2.30. The van der Waals surface area contributed by atoms with Gasteiger partial charge in [0.25, 0.3) is 0 Å². The fourth-order valence-corrected chi connectivity index (χ4v) is 5.19. The number of rotatable bonds is 13. The molecule has 1 unspecified atom stereocenters. The molecule has 206 valence electrons. The number of aliphatic carboxylic acids is 1. The number of anilines is 1. The summed E-state index contributed by atoms with van der Waals surface area (Å²) in [6, 6.07) is 20.2. The van der Waals surface area contributed by atoms with E-state index in [-0.39, 0.29) is 24.7 Å². The van der Waals surface area contributed by atoms with E-state index in [1.807, 2.05) is 42.5 Å². The molecule has 0 saturated carbocycles. The molecule has 4 rings (SSSR count). The van der Waals surface area contributed by atoms with Crippen molar-refractivity contribution >= 4 is 17.7 Å². The van der Waals surface area contributed by atoms with Crippen LogP contribution in [0.4, 0.5) is 10.5 Å². The lowest BCUT2D eigenvalue weighted by atomic mass is 9.98. The zero-order valence-electron chi connectivity index (χ0n) is 22.7. The Morgan fingerprint density at radius 2 is 1.51 bits per heavy atom. The number of hydrogen-bond donors (Lipinski definition) is 3. The highest BCUT2D eigenvalue weighted by Crippen LogP contribution is 2.44. The number of phenolic OH excluding ortho intramolecular Hbond substituents is 1. The van der Waals surface area contributed by atoms with Crippen molar-refractivity contribution in [1.29, 1.82) is 0 Å². The number of benzene rings is 3. The number of fused-ring (bicyclic) bond motifs is 3. The molecular formula is C32H38N2O5. The Kier molecular flexibility index (Phi) is 9.47. The van der Waals surface area contributed by atoms with Gasteiger partial charge in [-0.3, -0.25) is 0 Å². The van der Waals surface area contributed by atoms with E-state index in [1.165, 1.54) is 0 Å². The van der Waals surface area contributed by atoms with Crippen molar-refractivity contribution < 1.29 is 24.5 Å². The van der Waals surface area contributed by atoms with Crippen LogP contribution in [0.25, 0.3) is 11.1 Å². The zero-order chi connectivity index (χ0) is 27.8. The molecule has 0 saturated heterocycles. The fraction of sp³-hybridized carbons (Fsp3) is 0.375. The van der Waals surface area contributed by atoms with Crippen molar-refractivity contribution in [2.45, 2.75) is 57.9 Å². The summed E-state index contributed by atoms with van der Waals surface area (Å²) in [5, 5.41) is 23.0. The van der Waals surface area contributed by atoms with Gasteiger partial charge in [0.15, 0.2) is 0 Å².